The maximum Gasteiger partial charge on any atom is 0.335 e. The van der Waals surface area contributed by atoms with Gasteiger partial charge in [0.05, 0.1) is 24.3 Å². The van der Waals surface area contributed by atoms with E-state index < -0.39 is 28.8 Å². The Morgan fingerprint density at radius 1 is 1.03 bits per heavy atom. The fourth-order valence-electron chi connectivity index (χ4n) is 4.33. The van der Waals surface area contributed by atoms with Crippen molar-refractivity contribution in [2.45, 2.75) is 25.7 Å². The van der Waals surface area contributed by atoms with Gasteiger partial charge in [-0.05, 0) is 48.0 Å². The number of carbonyl (C=O) groups is 1. The van der Waals surface area contributed by atoms with E-state index in [2.05, 4.69) is 6.07 Å². The topological polar surface area (TPSA) is 75.2 Å². The number of hydrogen-bond donors (Lipinski definition) is 1. The Labute approximate surface area is 199 Å². The third-order valence-electron chi connectivity index (χ3n) is 5.98. The van der Waals surface area contributed by atoms with Crippen LogP contribution in [0, 0.1) is 28.8 Å². The van der Waals surface area contributed by atoms with Gasteiger partial charge in [0, 0.05) is 40.2 Å². The number of aromatic carboxylic acids is 1. The van der Waals surface area contributed by atoms with E-state index in [9.17, 15) is 28.3 Å². The zero-order chi connectivity index (χ0) is 25.5. The van der Waals surface area contributed by atoms with Crippen molar-refractivity contribution >= 4 is 16.9 Å². The van der Waals surface area contributed by atoms with Gasteiger partial charge in [0.2, 0.25) is 0 Å². The van der Waals surface area contributed by atoms with Crippen LogP contribution in [0.25, 0.3) is 27.7 Å². The van der Waals surface area contributed by atoms with Gasteiger partial charge in [-0.3, -0.25) is 0 Å². The standard InChI is InChI=1S/C27H21F3N2O3/c1-27(2,10-11-31)25-24(16-6-9-19(28)23(12-16)35-3)18-13-20(29)21(30)14-22(18)32(25)17-7-4-15(5-8-17)26(33)34/h4-9,12-14H,10H2,1-3H3,(H,33,34). The third kappa shape index (κ3) is 4.10. The molecule has 8 heteroatoms. The van der Waals surface area contributed by atoms with E-state index in [0.29, 0.717) is 33.4 Å². The average Bonchev–Trinajstić information content (AvgIpc) is 3.14. The SMILES string of the molecule is COc1cc(-c2c(C(C)(C)CC#N)n(-c3ccc(C(=O)O)cc3)c3cc(F)c(F)cc23)ccc1F. The smallest absolute Gasteiger partial charge is 0.335 e. The van der Waals surface area contributed by atoms with Gasteiger partial charge < -0.3 is 14.4 Å². The first kappa shape index (κ1) is 23.9. The quantitative estimate of drug-likeness (QED) is 0.338. The normalized spacial score (nSPS) is 11.5. The lowest BCUT2D eigenvalue weighted by Gasteiger charge is -2.27. The molecule has 0 radical (unpaired) electrons. The van der Waals surface area contributed by atoms with Gasteiger partial charge in [0.15, 0.2) is 23.2 Å². The van der Waals surface area contributed by atoms with Crippen molar-refractivity contribution in [2.24, 2.45) is 0 Å². The Morgan fingerprint density at radius 2 is 1.69 bits per heavy atom. The van der Waals surface area contributed by atoms with E-state index in [-0.39, 0.29) is 17.7 Å². The minimum Gasteiger partial charge on any atom is -0.494 e. The molecule has 0 aliphatic heterocycles. The number of ether oxygens (including phenoxy) is 1. The highest BCUT2D eigenvalue weighted by molar-refractivity contribution is 6.00. The lowest BCUT2D eigenvalue weighted by molar-refractivity contribution is 0.0697. The van der Waals surface area contributed by atoms with Gasteiger partial charge in [-0.2, -0.15) is 5.26 Å². The number of fused-ring (bicyclic) bond motifs is 1. The van der Waals surface area contributed by atoms with Crippen LogP contribution in [0.3, 0.4) is 0 Å². The molecule has 5 nitrogen and oxygen atoms in total. The number of aromatic nitrogens is 1. The van der Waals surface area contributed by atoms with E-state index in [0.717, 1.165) is 12.1 Å². The first-order chi connectivity index (χ1) is 16.6. The molecular formula is C27H21F3N2O3. The molecule has 0 saturated carbocycles. The molecule has 1 N–H and O–H groups in total. The highest BCUT2D eigenvalue weighted by Gasteiger charge is 2.33. The summed E-state index contributed by atoms with van der Waals surface area (Å²) in [6.07, 6.45) is 0.0623. The molecule has 0 atom stereocenters. The molecule has 0 unspecified atom stereocenters. The molecule has 0 aliphatic rings. The van der Waals surface area contributed by atoms with Crippen molar-refractivity contribution < 1.29 is 27.8 Å². The minimum absolute atomic E-state index is 0.0270. The van der Waals surface area contributed by atoms with E-state index in [4.69, 9.17) is 4.74 Å². The van der Waals surface area contributed by atoms with Crippen molar-refractivity contribution in [3.8, 4) is 28.6 Å². The summed E-state index contributed by atoms with van der Waals surface area (Å²) >= 11 is 0. The molecular weight excluding hydrogens is 457 g/mol. The lowest BCUT2D eigenvalue weighted by Crippen LogP contribution is -2.21. The van der Waals surface area contributed by atoms with Gasteiger partial charge in [-0.15, -0.1) is 0 Å². The fraction of sp³-hybridized carbons (Fsp3) is 0.185. The van der Waals surface area contributed by atoms with Gasteiger partial charge in [-0.25, -0.2) is 18.0 Å². The number of nitriles is 1. The molecule has 1 aromatic heterocycles. The summed E-state index contributed by atoms with van der Waals surface area (Å²) in [4.78, 5) is 11.4. The zero-order valence-electron chi connectivity index (χ0n) is 19.2. The molecule has 35 heavy (non-hydrogen) atoms. The Hall–Kier alpha value is -4.25. The molecule has 178 valence electrons. The molecule has 4 rings (SSSR count). The lowest BCUT2D eigenvalue weighted by atomic mass is 9.82. The van der Waals surface area contributed by atoms with Crippen LogP contribution in [0.2, 0.25) is 0 Å². The maximum atomic E-state index is 14.5. The second kappa shape index (κ2) is 8.84. The van der Waals surface area contributed by atoms with Crippen LogP contribution >= 0.6 is 0 Å². The van der Waals surface area contributed by atoms with Crippen LogP contribution in [0.15, 0.2) is 54.6 Å². The van der Waals surface area contributed by atoms with E-state index in [1.54, 1.807) is 16.7 Å². The Morgan fingerprint density at radius 3 is 2.29 bits per heavy atom. The van der Waals surface area contributed by atoms with Crippen molar-refractivity contribution in [3.05, 3.63) is 83.3 Å². The Kier molecular flexibility index (Phi) is 6.03. The van der Waals surface area contributed by atoms with E-state index in [1.165, 1.54) is 37.4 Å². The third-order valence-corrected chi connectivity index (χ3v) is 5.98. The minimum atomic E-state index is -1.11. The van der Waals surface area contributed by atoms with E-state index >= 15 is 0 Å². The summed E-state index contributed by atoms with van der Waals surface area (Å²) in [5.74, 6) is -3.84. The molecule has 0 amide bonds. The second-order valence-corrected chi connectivity index (χ2v) is 8.76. The number of rotatable bonds is 6. The molecule has 4 aromatic rings. The van der Waals surface area contributed by atoms with Gasteiger partial charge >= 0.3 is 5.97 Å². The predicted octanol–water partition coefficient (Wildman–Crippen LogP) is 6.61. The van der Waals surface area contributed by atoms with Gasteiger partial charge in [-0.1, -0.05) is 19.9 Å². The largest absolute Gasteiger partial charge is 0.494 e. The number of carboxylic acids is 1. The number of hydrogen-bond acceptors (Lipinski definition) is 3. The van der Waals surface area contributed by atoms with Crippen LogP contribution in [-0.4, -0.2) is 22.8 Å². The first-order valence-electron chi connectivity index (χ1n) is 10.7. The Bertz CT molecular complexity index is 1500. The number of methoxy groups -OCH3 is 1. The maximum absolute atomic E-state index is 14.5. The average molecular weight is 478 g/mol. The van der Waals surface area contributed by atoms with Crippen LogP contribution < -0.4 is 4.74 Å². The molecule has 0 aliphatic carbocycles. The fourth-order valence-corrected chi connectivity index (χ4v) is 4.33. The van der Waals surface area contributed by atoms with Crippen molar-refractivity contribution in [3.63, 3.8) is 0 Å². The molecule has 0 saturated heterocycles. The summed E-state index contributed by atoms with van der Waals surface area (Å²) in [5.41, 5.74) is 1.56. The molecule has 1 heterocycles. The number of carboxylic acid groups (broad SMARTS) is 1. The number of benzene rings is 3. The second-order valence-electron chi connectivity index (χ2n) is 8.76. The van der Waals surface area contributed by atoms with Crippen LogP contribution in [0.1, 0.15) is 36.3 Å². The summed E-state index contributed by atoms with van der Waals surface area (Å²) < 4.78 is 50.0. The molecule has 0 bridgehead atoms. The van der Waals surface area contributed by atoms with Crippen LogP contribution in [0.5, 0.6) is 5.75 Å². The predicted molar refractivity (Wildman–Crippen MR) is 125 cm³/mol. The highest BCUT2D eigenvalue weighted by atomic mass is 19.2. The number of halogens is 3. The summed E-state index contributed by atoms with van der Waals surface area (Å²) in [6.45, 7) is 3.65. The monoisotopic (exact) mass is 478 g/mol. The Balaban J connectivity index is 2.19. The van der Waals surface area contributed by atoms with Crippen molar-refractivity contribution in [1.29, 1.82) is 5.26 Å². The van der Waals surface area contributed by atoms with Crippen LogP contribution in [0.4, 0.5) is 13.2 Å². The molecule has 0 fully saturated rings. The highest BCUT2D eigenvalue weighted by Crippen LogP contribution is 2.45. The summed E-state index contributed by atoms with van der Waals surface area (Å²) in [5, 5.41) is 19.2. The first-order valence-corrected chi connectivity index (χ1v) is 10.7. The summed E-state index contributed by atoms with van der Waals surface area (Å²) in [6, 6.07) is 14.4. The van der Waals surface area contributed by atoms with Gasteiger partial charge in [0.1, 0.15) is 0 Å². The zero-order valence-corrected chi connectivity index (χ0v) is 19.2. The van der Waals surface area contributed by atoms with Gasteiger partial charge in [0.25, 0.3) is 0 Å². The molecule has 3 aromatic carbocycles. The number of nitrogens with zero attached hydrogens (tertiary/aromatic N) is 2. The van der Waals surface area contributed by atoms with E-state index in [1.807, 2.05) is 13.8 Å². The summed E-state index contributed by atoms with van der Waals surface area (Å²) in [7, 11) is 1.32. The van der Waals surface area contributed by atoms with Crippen molar-refractivity contribution in [1.82, 2.24) is 4.57 Å². The molecule has 0 spiro atoms. The van der Waals surface area contributed by atoms with Crippen LogP contribution in [-0.2, 0) is 5.41 Å². The van der Waals surface area contributed by atoms with Crippen molar-refractivity contribution in [2.75, 3.05) is 7.11 Å².